The Bertz CT molecular complexity index is 825. The second-order valence-electron chi connectivity index (χ2n) is 5.10. The minimum Gasteiger partial charge on any atom is -0.420 e. The van der Waals surface area contributed by atoms with Crippen molar-refractivity contribution in [2.24, 2.45) is 0 Å². The van der Waals surface area contributed by atoms with Gasteiger partial charge in [0.15, 0.2) is 0 Å². The average molecular weight is 313 g/mol. The minimum absolute atomic E-state index is 0.0831. The first-order valence-corrected chi connectivity index (χ1v) is 7.64. The van der Waals surface area contributed by atoms with Crippen LogP contribution in [0.1, 0.15) is 24.0 Å². The molecule has 0 fully saturated rings. The van der Waals surface area contributed by atoms with E-state index in [1.807, 2.05) is 43.3 Å². The molecule has 2 aromatic heterocycles. The molecule has 2 atom stereocenters. The molecule has 0 radical (unpaired) electrons. The molecule has 3 aromatic rings. The van der Waals surface area contributed by atoms with Crippen LogP contribution in [0.2, 0.25) is 0 Å². The van der Waals surface area contributed by atoms with Crippen LogP contribution in [-0.2, 0) is 6.54 Å². The van der Waals surface area contributed by atoms with E-state index in [9.17, 15) is 4.79 Å². The largest absolute Gasteiger partial charge is 0.420 e. The van der Waals surface area contributed by atoms with Gasteiger partial charge in [0.25, 0.3) is 5.56 Å². The summed E-state index contributed by atoms with van der Waals surface area (Å²) in [6, 6.07) is 13.2. The molecule has 0 aliphatic carbocycles. The van der Waals surface area contributed by atoms with Crippen molar-refractivity contribution in [3.05, 3.63) is 70.5 Å². The van der Waals surface area contributed by atoms with Crippen molar-refractivity contribution in [2.45, 2.75) is 19.1 Å². The molecule has 0 N–H and O–H groups in total. The van der Waals surface area contributed by atoms with E-state index in [4.69, 9.17) is 4.42 Å². The topological polar surface area (TPSA) is 60.9 Å². The molecule has 22 heavy (non-hydrogen) atoms. The normalized spacial score (nSPS) is 12.3. The molecule has 0 saturated carbocycles. The lowest BCUT2D eigenvalue weighted by Crippen LogP contribution is -2.19. The summed E-state index contributed by atoms with van der Waals surface area (Å²) in [5.41, 5.74) is 1.70. The first kappa shape index (κ1) is 14.7. The first-order chi connectivity index (χ1) is 10.6. The molecular formula is C16H16N3O2P. The van der Waals surface area contributed by atoms with Crippen LogP contribution in [0, 0.1) is 0 Å². The molecule has 6 heteroatoms. The third kappa shape index (κ3) is 3.15. The van der Waals surface area contributed by atoms with Gasteiger partial charge in [-0.3, -0.25) is 4.79 Å². The third-order valence-electron chi connectivity index (χ3n) is 3.27. The second-order valence-corrected chi connectivity index (χ2v) is 6.10. The number of nitrogens with zero attached hydrogens (tertiary/aromatic N) is 3. The van der Waals surface area contributed by atoms with E-state index in [1.54, 1.807) is 10.8 Å². The van der Waals surface area contributed by atoms with E-state index in [1.165, 1.54) is 6.07 Å². The van der Waals surface area contributed by atoms with Crippen molar-refractivity contribution in [1.82, 2.24) is 14.8 Å². The predicted octanol–water partition coefficient (Wildman–Crippen LogP) is 2.88. The SMILES string of the molecule is CC(P)c1nnc(-c2ccn(Cc3ccccc3)c(=O)c2)o1. The maximum Gasteiger partial charge on any atom is 0.251 e. The lowest BCUT2D eigenvalue weighted by molar-refractivity contribution is 0.509. The summed E-state index contributed by atoms with van der Waals surface area (Å²) in [6.45, 7) is 2.48. The average Bonchev–Trinajstić information content (AvgIpc) is 3.00. The van der Waals surface area contributed by atoms with Gasteiger partial charge in [-0.1, -0.05) is 37.3 Å². The molecule has 0 amide bonds. The molecular weight excluding hydrogens is 297 g/mol. The maximum absolute atomic E-state index is 12.2. The Morgan fingerprint density at radius 1 is 1.23 bits per heavy atom. The minimum atomic E-state index is -0.0972. The highest BCUT2D eigenvalue weighted by Gasteiger charge is 2.12. The molecule has 1 aromatic carbocycles. The number of hydrogen-bond donors (Lipinski definition) is 0. The highest BCUT2D eigenvalue weighted by atomic mass is 31.0. The highest BCUT2D eigenvalue weighted by molar-refractivity contribution is 7.17. The molecule has 3 rings (SSSR count). The van der Waals surface area contributed by atoms with E-state index in [0.29, 0.717) is 23.9 Å². The number of pyridine rings is 1. The predicted molar refractivity (Wildman–Crippen MR) is 87.7 cm³/mol. The zero-order valence-corrected chi connectivity index (χ0v) is 13.3. The fourth-order valence-corrected chi connectivity index (χ4v) is 2.22. The van der Waals surface area contributed by atoms with E-state index in [2.05, 4.69) is 19.4 Å². The summed E-state index contributed by atoms with van der Waals surface area (Å²) in [4.78, 5) is 12.2. The van der Waals surface area contributed by atoms with Crippen LogP contribution in [0.5, 0.6) is 0 Å². The molecule has 2 heterocycles. The van der Waals surface area contributed by atoms with Crippen molar-refractivity contribution in [3.8, 4) is 11.5 Å². The van der Waals surface area contributed by atoms with Crippen LogP contribution in [0.3, 0.4) is 0 Å². The second kappa shape index (κ2) is 6.24. The molecule has 112 valence electrons. The van der Waals surface area contributed by atoms with Crippen molar-refractivity contribution >= 4 is 9.24 Å². The Morgan fingerprint density at radius 2 is 2.00 bits per heavy atom. The first-order valence-electron chi connectivity index (χ1n) is 6.97. The Labute approximate surface area is 130 Å². The quantitative estimate of drug-likeness (QED) is 0.695. The third-order valence-corrected chi connectivity index (χ3v) is 3.55. The number of aromatic nitrogens is 3. The van der Waals surface area contributed by atoms with Crippen LogP contribution in [0.4, 0.5) is 0 Å². The summed E-state index contributed by atoms with van der Waals surface area (Å²) < 4.78 is 7.20. The maximum atomic E-state index is 12.2. The molecule has 0 spiro atoms. The van der Waals surface area contributed by atoms with Gasteiger partial charge in [-0.05, 0) is 11.6 Å². The van der Waals surface area contributed by atoms with E-state index < -0.39 is 0 Å². The molecule has 0 saturated heterocycles. The van der Waals surface area contributed by atoms with Gasteiger partial charge in [-0.2, -0.15) is 0 Å². The van der Waals surface area contributed by atoms with Crippen LogP contribution in [0.25, 0.3) is 11.5 Å². The van der Waals surface area contributed by atoms with Crippen molar-refractivity contribution in [2.75, 3.05) is 0 Å². The van der Waals surface area contributed by atoms with E-state index in [-0.39, 0.29) is 11.2 Å². The van der Waals surface area contributed by atoms with E-state index >= 15 is 0 Å². The van der Waals surface area contributed by atoms with Gasteiger partial charge in [0, 0.05) is 23.5 Å². The van der Waals surface area contributed by atoms with Gasteiger partial charge in [0.05, 0.1) is 6.54 Å². The molecule has 0 aliphatic rings. The van der Waals surface area contributed by atoms with Gasteiger partial charge in [-0.25, -0.2) is 0 Å². The molecule has 2 unspecified atom stereocenters. The standard InChI is InChI=1S/C16H16N3O2P/c1-11(22)15-17-18-16(21-15)13-7-8-19(14(20)9-13)10-12-5-3-2-4-6-12/h2-9,11H,10,22H2,1H3. The van der Waals surface area contributed by atoms with Crippen LogP contribution in [0.15, 0.2) is 57.9 Å². The monoisotopic (exact) mass is 313 g/mol. The summed E-state index contributed by atoms with van der Waals surface area (Å²) >= 11 is 0. The zero-order valence-electron chi connectivity index (χ0n) is 12.1. The van der Waals surface area contributed by atoms with Crippen LogP contribution < -0.4 is 5.56 Å². The zero-order chi connectivity index (χ0) is 15.5. The summed E-state index contributed by atoms with van der Waals surface area (Å²) in [5, 5.41) is 7.95. The van der Waals surface area contributed by atoms with Crippen molar-refractivity contribution in [3.63, 3.8) is 0 Å². The molecule has 0 bridgehead atoms. The number of rotatable bonds is 4. The Hall–Kier alpha value is -2.26. The Morgan fingerprint density at radius 3 is 2.64 bits per heavy atom. The fourth-order valence-electron chi connectivity index (χ4n) is 2.09. The molecule has 5 nitrogen and oxygen atoms in total. The lowest BCUT2D eigenvalue weighted by atomic mass is 10.2. The van der Waals surface area contributed by atoms with Gasteiger partial charge < -0.3 is 8.98 Å². The highest BCUT2D eigenvalue weighted by Crippen LogP contribution is 2.24. The summed E-state index contributed by atoms with van der Waals surface area (Å²) in [5.74, 6) is 0.904. The van der Waals surface area contributed by atoms with Crippen LogP contribution >= 0.6 is 9.24 Å². The van der Waals surface area contributed by atoms with Crippen LogP contribution in [-0.4, -0.2) is 14.8 Å². The lowest BCUT2D eigenvalue weighted by Gasteiger charge is -2.06. The fraction of sp³-hybridized carbons (Fsp3) is 0.188. The number of hydrogen-bond acceptors (Lipinski definition) is 4. The van der Waals surface area contributed by atoms with Gasteiger partial charge in [0.2, 0.25) is 11.8 Å². The van der Waals surface area contributed by atoms with Gasteiger partial charge in [0.1, 0.15) is 0 Å². The Kier molecular flexibility index (Phi) is 4.16. The van der Waals surface area contributed by atoms with Gasteiger partial charge in [-0.15, -0.1) is 19.4 Å². The van der Waals surface area contributed by atoms with E-state index in [0.717, 1.165) is 5.56 Å². The van der Waals surface area contributed by atoms with Crippen molar-refractivity contribution < 1.29 is 4.42 Å². The number of benzene rings is 1. The van der Waals surface area contributed by atoms with Gasteiger partial charge >= 0.3 is 0 Å². The summed E-state index contributed by atoms with van der Waals surface area (Å²) in [6.07, 6.45) is 1.75. The smallest absolute Gasteiger partial charge is 0.251 e. The molecule has 0 aliphatic heterocycles. The summed E-state index contributed by atoms with van der Waals surface area (Å²) in [7, 11) is 2.60. The Balaban J connectivity index is 1.87. The van der Waals surface area contributed by atoms with Crippen molar-refractivity contribution in [1.29, 1.82) is 0 Å².